The fraction of sp³-hybridized carbons (Fsp3) is 0.966. The van der Waals surface area contributed by atoms with E-state index in [1.165, 1.54) is 128 Å². The van der Waals surface area contributed by atoms with Crippen molar-refractivity contribution < 1.29 is 4.79 Å². The van der Waals surface area contributed by atoms with Gasteiger partial charge in [-0.1, -0.05) is 129 Å². The Morgan fingerprint density at radius 1 is 0.625 bits per heavy atom. The Labute approximate surface area is 201 Å². The average Bonchev–Trinajstić information content (AvgIpc) is 3.34. The van der Waals surface area contributed by atoms with Gasteiger partial charge in [0.15, 0.2) is 0 Å². The van der Waals surface area contributed by atoms with Gasteiger partial charge in [0, 0.05) is 13.1 Å². The third kappa shape index (κ3) is 16.1. The van der Waals surface area contributed by atoms with Crippen LogP contribution in [0.15, 0.2) is 0 Å². The SMILES string of the molecule is CCCCCCCCCCCCN(CCCCCCCCCCCC)C(=O)[C@@H]1CCCN1. The zero-order valence-electron chi connectivity index (χ0n) is 22.1. The van der Waals surface area contributed by atoms with E-state index < -0.39 is 0 Å². The molecule has 1 fully saturated rings. The maximum atomic E-state index is 13.0. The van der Waals surface area contributed by atoms with E-state index in [1.807, 2.05) is 0 Å². The summed E-state index contributed by atoms with van der Waals surface area (Å²) >= 11 is 0. The summed E-state index contributed by atoms with van der Waals surface area (Å²) in [6, 6.07) is 0.0984. The van der Waals surface area contributed by atoms with Crippen LogP contribution in [0.5, 0.6) is 0 Å². The fourth-order valence-corrected chi connectivity index (χ4v) is 5.03. The van der Waals surface area contributed by atoms with Crippen molar-refractivity contribution in [2.75, 3.05) is 19.6 Å². The average molecular weight is 451 g/mol. The van der Waals surface area contributed by atoms with Crippen LogP contribution in [0.3, 0.4) is 0 Å². The van der Waals surface area contributed by atoms with Gasteiger partial charge in [-0.25, -0.2) is 0 Å². The summed E-state index contributed by atoms with van der Waals surface area (Å²) in [5, 5.41) is 3.42. The van der Waals surface area contributed by atoms with Crippen molar-refractivity contribution in [1.82, 2.24) is 10.2 Å². The molecule has 0 saturated carbocycles. The van der Waals surface area contributed by atoms with Crippen molar-refractivity contribution in [2.45, 2.75) is 161 Å². The number of nitrogens with one attached hydrogen (secondary N) is 1. The molecule has 1 saturated heterocycles. The standard InChI is InChI=1S/C29H58N2O/c1-3-5-7-9-11-13-15-17-19-21-26-31(29(32)28-24-23-25-30-28)27-22-20-18-16-14-12-10-8-6-4-2/h28,30H,3-27H2,1-2H3/t28-/m0/s1. The van der Waals surface area contributed by atoms with Gasteiger partial charge in [-0.05, 0) is 32.2 Å². The maximum absolute atomic E-state index is 13.0. The minimum Gasteiger partial charge on any atom is -0.341 e. The second kappa shape index (κ2) is 22.2. The van der Waals surface area contributed by atoms with Crippen LogP contribution in [0.4, 0.5) is 0 Å². The molecule has 1 aliphatic rings. The van der Waals surface area contributed by atoms with Crippen molar-refractivity contribution >= 4 is 5.91 Å². The monoisotopic (exact) mass is 450 g/mol. The Kier molecular flexibility index (Phi) is 20.5. The minimum atomic E-state index is 0.0984. The number of nitrogens with zero attached hydrogens (tertiary/aromatic N) is 1. The molecule has 0 aliphatic carbocycles. The highest BCUT2D eigenvalue weighted by molar-refractivity contribution is 5.82. The summed E-state index contributed by atoms with van der Waals surface area (Å²) in [6.07, 6.45) is 29.4. The Hall–Kier alpha value is -0.570. The van der Waals surface area contributed by atoms with Crippen molar-refractivity contribution in [3.05, 3.63) is 0 Å². The molecule has 3 nitrogen and oxygen atoms in total. The van der Waals surface area contributed by atoms with Crippen molar-refractivity contribution in [2.24, 2.45) is 0 Å². The molecular formula is C29H58N2O. The Balaban J connectivity index is 2.12. The first-order valence-electron chi connectivity index (χ1n) is 14.8. The molecular weight excluding hydrogens is 392 g/mol. The van der Waals surface area contributed by atoms with Crippen LogP contribution in [0.2, 0.25) is 0 Å². The Morgan fingerprint density at radius 2 is 1.00 bits per heavy atom. The topological polar surface area (TPSA) is 32.3 Å². The molecule has 1 heterocycles. The summed E-state index contributed by atoms with van der Waals surface area (Å²) in [7, 11) is 0. The van der Waals surface area contributed by atoms with E-state index in [4.69, 9.17) is 0 Å². The molecule has 0 aromatic carbocycles. The van der Waals surface area contributed by atoms with Gasteiger partial charge in [0.05, 0.1) is 6.04 Å². The molecule has 0 aromatic rings. The molecule has 32 heavy (non-hydrogen) atoms. The molecule has 1 amide bonds. The lowest BCUT2D eigenvalue weighted by molar-refractivity contribution is -0.133. The number of unbranched alkanes of at least 4 members (excludes halogenated alkanes) is 18. The molecule has 3 heteroatoms. The van der Waals surface area contributed by atoms with Gasteiger partial charge >= 0.3 is 0 Å². The zero-order valence-corrected chi connectivity index (χ0v) is 22.1. The highest BCUT2D eigenvalue weighted by Gasteiger charge is 2.26. The molecule has 1 N–H and O–H groups in total. The predicted molar refractivity (Wildman–Crippen MR) is 141 cm³/mol. The van der Waals surface area contributed by atoms with Gasteiger partial charge in [0.1, 0.15) is 0 Å². The van der Waals surface area contributed by atoms with Crippen molar-refractivity contribution in [3.63, 3.8) is 0 Å². The van der Waals surface area contributed by atoms with E-state index in [9.17, 15) is 4.79 Å². The van der Waals surface area contributed by atoms with Gasteiger partial charge in [0.25, 0.3) is 0 Å². The maximum Gasteiger partial charge on any atom is 0.239 e. The highest BCUT2D eigenvalue weighted by Crippen LogP contribution is 2.15. The van der Waals surface area contributed by atoms with Crippen LogP contribution in [-0.2, 0) is 4.79 Å². The molecule has 1 aliphatic heterocycles. The second-order valence-electron chi connectivity index (χ2n) is 10.3. The van der Waals surface area contributed by atoms with Gasteiger partial charge in [-0.15, -0.1) is 0 Å². The molecule has 190 valence electrons. The smallest absolute Gasteiger partial charge is 0.239 e. The zero-order chi connectivity index (χ0) is 23.1. The first-order valence-corrected chi connectivity index (χ1v) is 14.8. The Morgan fingerprint density at radius 3 is 1.34 bits per heavy atom. The first kappa shape index (κ1) is 29.5. The molecule has 1 rings (SSSR count). The third-order valence-electron chi connectivity index (χ3n) is 7.23. The third-order valence-corrected chi connectivity index (χ3v) is 7.23. The van der Waals surface area contributed by atoms with E-state index in [2.05, 4.69) is 24.1 Å². The van der Waals surface area contributed by atoms with E-state index in [1.54, 1.807) is 0 Å². The van der Waals surface area contributed by atoms with Gasteiger partial charge in [-0.2, -0.15) is 0 Å². The van der Waals surface area contributed by atoms with Gasteiger partial charge < -0.3 is 10.2 Å². The predicted octanol–water partition coefficient (Wildman–Crippen LogP) is 8.41. The summed E-state index contributed by atoms with van der Waals surface area (Å²) < 4.78 is 0. The molecule has 0 spiro atoms. The van der Waals surface area contributed by atoms with E-state index >= 15 is 0 Å². The normalized spacial score (nSPS) is 16.0. The lowest BCUT2D eigenvalue weighted by Crippen LogP contribution is -2.44. The molecule has 1 atom stereocenters. The number of carbonyl (C=O) groups excluding carboxylic acids is 1. The van der Waals surface area contributed by atoms with Crippen LogP contribution in [0, 0.1) is 0 Å². The first-order chi connectivity index (χ1) is 15.8. The van der Waals surface area contributed by atoms with E-state index in [-0.39, 0.29) is 6.04 Å². The van der Waals surface area contributed by atoms with Crippen LogP contribution < -0.4 is 5.32 Å². The lowest BCUT2D eigenvalue weighted by Gasteiger charge is -2.26. The van der Waals surface area contributed by atoms with Gasteiger partial charge in [0.2, 0.25) is 5.91 Å². The number of amides is 1. The second-order valence-corrected chi connectivity index (χ2v) is 10.3. The van der Waals surface area contributed by atoms with Crippen LogP contribution in [0.1, 0.15) is 155 Å². The van der Waals surface area contributed by atoms with E-state index in [0.717, 1.165) is 32.5 Å². The number of hydrogen-bond donors (Lipinski definition) is 1. The largest absolute Gasteiger partial charge is 0.341 e. The number of carbonyl (C=O) groups is 1. The fourth-order valence-electron chi connectivity index (χ4n) is 5.03. The summed E-state index contributed by atoms with van der Waals surface area (Å²) in [5.74, 6) is 0.384. The van der Waals surface area contributed by atoms with E-state index in [0.29, 0.717) is 5.91 Å². The molecule has 0 bridgehead atoms. The van der Waals surface area contributed by atoms with Crippen LogP contribution in [0.25, 0.3) is 0 Å². The van der Waals surface area contributed by atoms with Crippen molar-refractivity contribution in [3.8, 4) is 0 Å². The highest BCUT2D eigenvalue weighted by atomic mass is 16.2. The Bertz CT molecular complexity index is 382. The summed E-state index contributed by atoms with van der Waals surface area (Å²) in [5.41, 5.74) is 0. The summed E-state index contributed by atoms with van der Waals surface area (Å²) in [4.78, 5) is 15.2. The van der Waals surface area contributed by atoms with Gasteiger partial charge in [-0.3, -0.25) is 4.79 Å². The quantitative estimate of drug-likeness (QED) is 0.158. The molecule has 0 radical (unpaired) electrons. The number of rotatable bonds is 23. The minimum absolute atomic E-state index is 0.0984. The van der Waals surface area contributed by atoms with Crippen LogP contribution in [-0.4, -0.2) is 36.5 Å². The number of hydrogen-bond acceptors (Lipinski definition) is 2. The lowest BCUT2D eigenvalue weighted by atomic mass is 10.1. The molecule has 0 aromatic heterocycles. The molecule has 0 unspecified atom stereocenters. The van der Waals surface area contributed by atoms with Crippen LogP contribution >= 0.6 is 0 Å². The van der Waals surface area contributed by atoms with Crippen molar-refractivity contribution in [1.29, 1.82) is 0 Å². The summed E-state index contributed by atoms with van der Waals surface area (Å²) in [6.45, 7) is 7.54.